The van der Waals surface area contributed by atoms with Crippen molar-refractivity contribution in [1.29, 1.82) is 0 Å². The summed E-state index contributed by atoms with van der Waals surface area (Å²) >= 11 is 0. The zero-order valence-corrected chi connectivity index (χ0v) is 15.8. The van der Waals surface area contributed by atoms with E-state index >= 15 is 0 Å². The number of carbonyl (C=O) groups excluding carboxylic acids is 1. The summed E-state index contributed by atoms with van der Waals surface area (Å²) in [7, 11) is 0. The minimum atomic E-state index is -0.301. The lowest BCUT2D eigenvalue weighted by Crippen LogP contribution is -2.44. The Morgan fingerprint density at radius 1 is 1.25 bits per heavy atom. The van der Waals surface area contributed by atoms with Crippen LogP contribution in [-0.4, -0.2) is 53.3 Å². The number of nitrogens with zero attached hydrogens (tertiary/aromatic N) is 3. The number of likely N-dealkylation sites (tertiary alicyclic amines) is 1. The third-order valence-electron chi connectivity index (χ3n) is 5.33. The van der Waals surface area contributed by atoms with Crippen LogP contribution < -0.4 is 5.32 Å². The van der Waals surface area contributed by atoms with Gasteiger partial charge in [-0.25, -0.2) is 4.39 Å². The van der Waals surface area contributed by atoms with Crippen molar-refractivity contribution in [2.75, 3.05) is 26.2 Å². The Morgan fingerprint density at radius 3 is 2.89 bits per heavy atom. The van der Waals surface area contributed by atoms with Crippen molar-refractivity contribution in [3.8, 4) is 11.4 Å². The van der Waals surface area contributed by atoms with E-state index in [9.17, 15) is 9.18 Å². The highest BCUT2D eigenvalue weighted by molar-refractivity contribution is 5.79. The Labute approximate surface area is 163 Å². The molecule has 0 spiro atoms. The van der Waals surface area contributed by atoms with Gasteiger partial charge in [-0.3, -0.25) is 9.69 Å². The highest BCUT2D eigenvalue weighted by Crippen LogP contribution is 2.21. The molecule has 1 amide bonds. The molecule has 2 aromatic rings. The zero-order valence-electron chi connectivity index (χ0n) is 15.8. The standard InChI is InChI=1S/C20H25FN4O3/c21-16-7-5-14(6-8-16)19-23-18(28-24-19)13-25-9-1-3-15(12-25)20(26)22-11-17-4-2-10-27-17/h5-8,15,17H,1-4,9-13H2,(H,22,26). The number of halogens is 1. The molecule has 150 valence electrons. The zero-order chi connectivity index (χ0) is 19.3. The molecule has 0 aliphatic carbocycles. The molecule has 2 aliphatic heterocycles. The largest absolute Gasteiger partial charge is 0.376 e. The van der Waals surface area contributed by atoms with Crippen LogP contribution in [0.4, 0.5) is 4.39 Å². The maximum atomic E-state index is 13.1. The first-order valence-electron chi connectivity index (χ1n) is 9.87. The number of hydrogen-bond donors (Lipinski definition) is 1. The molecule has 4 rings (SSSR count). The molecule has 2 saturated heterocycles. The van der Waals surface area contributed by atoms with Gasteiger partial charge in [0, 0.05) is 25.3 Å². The molecule has 0 bridgehead atoms. The first-order chi connectivity index (χ1) is 13.7. The van der Waals surface area contributed by atoms with Crippen LogP contribution in [0.1, 0.15) is 31.6 Å². The van der Waals surface area contributed by atoms with Gasteiger partial charge in [0.15, 0.2) is 0 Å². The van der Waals surface area contributed by atoms with Crippen molar-refractivity contribution in [3.63, 3.8) is 0 Å². The van der Waals surface area contributed by atoms with Gasteiger partial charge in [-0.1, -0.05) is 5.16 Å². The summed E-state index contributed by atoms with van der Waals surface area (Å²) in [5.41, 5.74) is 0.710. The molecule has 2 unspecified atom stereocenters. The number of benzene rings is 1. The van der Waals surface area contributed by atoms with E-state index in [2.05, 4.69) is 20.4 Å². The van der Waals surface area contributed by atoms with Gasteiger partial charge in [0.05, 0.1) is 18.6 Å². The lowest BCUT2D eigenvalue weighted by atomic mass is 9.97. The minimum Gasteiger partial charge on any atom is -0.376 e. The summed E-state index contributed by atoms with van der Waals surface area (Å²) in [4.78, 5) is 19.1. The average Bonchev–Trinajstić information content (AvgIpc) is 3.39. The van der Waals surface area contributed by atoms with Crippen LogP contribution in [0.5, 0.6) is 0 Å². The van der Waals surface area contributed by atoms with Crippen molar-refractivity contribution in [3.05, 3.63) is 36.0 Å². The maximum Gasteiger partial charge on any atom is 0.241 e. The normalized spacial score (nSPS) is 23.0. The molecule has 3 heterocycles. The molecule has 2 atom stereocenters. The van der Waals surface area contributed by atoms with Crippen LogP contribution in [0.2, 0.25) is 0 Å². The van der Waals surface area contributed by atoms with E-state index in [1.807, 2.05) is 0 Å². The monoisotopic (exact) mass is 388 g/mol. The van der Waals surface area contributed by atoms with Gasteiger partial charge in [0.1, 0.15) is 5.82 Å². The van der Waals surface area contributed by atoms with Crippen molar-refractivity contribution < 1.29 is 18.4 Å². The molecule has 2 fully saturated rings. The summed E-state index contributed by atoms with van der Waals surface area (Å²) in [6, 6.07) is 5.99. The van der Waals surface area contributed by atoms with Gasteiger partial charge < -0.3 is 14.6 Å². The summed E-state index contributed by atoms with van der Waals surface area (Å²) in [5.74, 6) is 0.703. The molecule has 0 radical (unpaired) electrons. The molecule has 0 saturated carbocycles. The topological polar surface area (TPSA) is 80.5 Å². The SMILES string of the molecule is O=C(NCC1CCCO1)C1CCCN(Cc2nc(-c3ccc(F)cc3)no2)C1. The summed E-state index contributed by atoms with van der Waals surface area (Å²) in [6.07, 6.45) is 4.09. The van der Waals surface area contributed by atoms with Crippen LogP contribution >= 0.6 is 0 Å². The molecule has 1 aromatic heterocycles. The number of hydrogen-bond acceptors (Lipinski definition) is 6. The minimum absolute atomic E-state index is 0.0327. The van der Waals surface area contributed by atoms with Crippen LogP contribution in [-0.2, 0) is 16.1 Å². The molecule has 8 heteroatoms. The number of carbonyl (C=O) groups is 1. The number of amides is 1. The summed E-state index contributed by atoms with van der Waals surface area (Å²) in [5, 5.41) is 7.02. The molecule has 1 N–H and O–H groups in total. The number of rotatable bonds is 6. The smallest absolute Gasteiger partial charge is 0.241 e. The van der Waals surface area contributed by atoms with Crippen molar-refractivity contribution in [1.82, 2.24) is 20.4 Å². The lowest BCUT2D eigenvalue weighted by molar-refractivity contribution is -0.127. The number of nitrogens with one attached hydrogen (secondary N) is 1. The van der Waals surface area contributed by atoms with Gasteiger partial charge in [-0.05, 0) is 56.5 Å². The van der Waals surface area contributed by atoms with E-state index in [1.54, 1.807) is 12.1 Å². The highest BCUT2D eigenvalue weighted by Gasteiger charge is 2.27. The third kappa shape index (κ3) is 4.74. The van der Waals surface area contributed by atoms with E-state index in [1.165, 1.54) is 12.1 Å². The molecule has 7 nitrogen and oxygen atoms in total. The number of piperidine rings is 1. The second-order valence-electron chi connectivity index (χ2n) is 7.47. The fourth-order valence-electron chi connectivity index (χ4n) is 3.80. The molecule has 28 heavy (non-hydrogen) atoms. The van der Waals surface area contributed by atoms with E-state index in [0.29, 0.717) is 36.9 Å². The van der Waals surface area contributed by atoms with Gasteiger partial charge >= 0.3 is 0 Å². The summed E-state index contributed by atoms with van der Waals surface area (Å²) in [6.45, 7) is 3.46. The van der Waals surface area contributed by atoms with E-state index in [0.717, 1.165) is 38.8 Å². The third-order valence-corrected chi connectivity index (χ3v) is 5.33. The van der Waals surface area contributed by atoms with Crippen LogP contribution in [0, 0.1) is 11.7 Å². The second kappa shape index (κ2) is 8.79. The average molecular weight is 388 g/mol. The predicted octanol–water partition coefficient (Wildman–Crippen LogP) is 2.38. The highest BCUT2D eigenvalue weighted by atomic mass is 19.1. The van der Waals surface area contributed by atoms with Crippen molar-refractivity contribution in [2.45, 2.75) is 38.3 Å². The van der Waals surface area contributed by atoms with Crippen molar-refractivity contribution in [2.24, 2.45) is 5.92 Å². The number of ether oxygens (including phenoxy) is 1. The molecular weight excluding hydrogens is 363 g/mol. The second-order valence-corrected chi connectivity index (χ2v) is 7.47. The van der Waals surface area contributed by atoms with Crippen LogP contribution in [0.15, 0.2) is 28.8 Å². The quantitative estimate of drug-likeness (QED) is 0.818. The van der Waals surface area contributed by atoms with Gasteiger partial charge in [-0.2, -0.15) is 4.98 Å². The fraction of sp³-hybridized carbons (Fsp3) is 0.550. The Balaban J connectivity index is 1.30. The summed E-state index contributed by atoms with van der Waals surface area (Å²) < 4.78 is 24.0. The fourth-order valence-corrected chi connectivity index (χ4v) is 3.80. The predicted molar refractivity (Wildman–Crippen MR) is 99.7 cm³/mol. The van der Waals surface area contributed by atoms with Crippen LogP contribution in [0.25, 0.3) is 11.4 Å². The first-order valence-corrected chi connectivity index (χ1v) is 9.87. The lowest BCUT2D eigenvalue weighted by Gasteiger charge is -2.31. The van der Waals surface area contributed by atoms with Gasteiger partial charge in [0.25, 0.3) is 0 Å². The molecule has 1 aromatic carbocycles. The van der Waals surface area contributed by atoms with Gasteiger partial charge in [-0.15, -0.1) is 0 Å². The molecule has 2 aliphatic rings. The Hall–Kier alpha value is -2.32. The van der Waals surface area contributed by atoms with Crippen molar-refractivity contribution >= 4 is 5.91 Å². The Bertz CT molecular complexity index is 789. The molecular formula is C20H25FN4O3. The number of aromatic nitrogens is 2. The Morgan fingerprint density at radius 2 is 2.11 bits per heavy atom. The van der Waals surface area contributed by atoms with E-state index in [4.69, 9.17) is 9.26 Å². The maximum absolute atomic E-state index is 13.1. The first kappa shape index (κ1) is 19.0. The van der Waals surface area contributed by atoms with E-state index in [-0.39, 0.29) is 23.7 Å². The van der Waals surface area contributed by atoms with Crippen LogP contribution in [0.3, 0.4) is 0 Å². The van der Waals surface area contributed by atoms with Gasteiger partial charge in [0.2, 0.25) is 17.6 Å². The van der Waals surface area contributed by atoms with E-state index < -0.39 is 0 Å². The Kier molecular flexibility index (Phi) is 5.97.